The monoisotopic (exact) mass is 378 g/mol. The molecule has 0 bridgehead atoms. The van der Waals surface area contributed by atoms with Gasteiger partial charge < -0.3 is 19.9 Å². The first-order valence-corrected chi connectivity index (χ1v) is 9.80. The van der Waals surface area contributed by atoms with E-state index in [1.54, 1.807) is 11.1 Å². The molecule has 6 nitrogen and oxygen atoms in total. The van der Waals surface area contributed by atoms with Gasteiger partial charge in [0.2, 0.25) is 0 Å². The fourth-order valence-corrected chi connectivity index (χ4v) is 3.67. The topological polar surface area (TPSA) is 70.2 Å². The fraction of sp³-hybridized carbons (Fsp3) is 0.364. The number of hydrogen-bond donors (Lipinski definition) is 2. The Kier molecular flexibility index (Phi) is 5.58. The molecule has 0 spiro atoms. The highest BCUT2D eigenvalue weighted by molar-refractivity contribution is 5.81. The number of carbonyl (C=O) groups is 1. The van der Waals surface area contributed by atoms with E-state index in [0.29, 0.717) is 19.6 Å². The van der Waals surface area contributed by atoms with Crippen molar-refractivity contribution in [3.05, 3.63) is 65.6 Å². The standard InChI is InChI=1S/C22H26N4O2/c1-16-11-18-12-17(7-8-21(18)25-16)13-24-22(27)26(15-20-6-4-10-28-20)14-19-5-2-3-9-23-19/h2-3,5,7-9,11-12,20,25H,4,6,10,13-15H2,1H3,(H,24,27)/t20-/m1/s1. The lowest BCUT2D eigenvalue weighted by Gasteiger charge is -2.25. The molecule has 0 aliphatic carbocycles. The van der Waals surface area contributed by atoms with E-state index in [0.717, 1.165) is 47.3 Å². The second kappa shape index (κ2) is 8.44. The lowest BCUT2D eigenvalue weighted by Crippen LogP contribution is -2.43. The van der Waals surface area contributed by atoms with Gasteiger partial charge in [-0.2, -0.15) is 0 Å². The maximum atomic E-state index is 12.9. The minimum atomic E-state index is -0.0912. The number of nitrogens with zero attached hydrogens (tertiary/aromatic N) is 2. The number of aryl methyl sites for hydroxylation is 1. The average molecular weight is 378 g/mol. The largest absolute Gasteiger partial charge is 0.376 e. The van der Waals surface area contributed by atoms with Gasteiger partial charge in [0.05, 0.1) is 18.3 Å². The third-order valence-electron chi connectivity index (χ3n) is 5.08. The third-order valence-corrected chi connectivity index (χ3v) is 5.08. The number of hydrogen-bond acceptors (Lipinski definition) is 3. The smallest absolute Gasteiger partial charge is 0.318 e. The van der Waals surface area contributed by atoms with E-state index in [9.17, 15) is 4.79 Å². The molecule has 2 amide bonds. The zero-order valence-electron chi connectivity index (χ0n) is 16.1. The molecular formula is C22H26N4O2. The molecule has 2 aromatic heterocycles. The molecule has 4 rings (SSSR count). The molecule has 1 aromatic carbocycles. The van der Waals surface area contributed by atoms with Crippen LogP contribution < -0.4 is 5.32 Å². The Labute approximate surface area is 164 Å². The fourth-order valence-electron chi connectivity index (χ4n) is 3.67. The molecule has 1 atom stereocenters. The van der Waals surface area contributed by atoms with Crippen LogP contribution in [0.25, 0.3) is 10.9 Å². The highest BCUT2D eigenvalue weighted by Crippen LogP contribution is 2.18. The van der Waals surface area contributed by atoms with Crippen LogP contribution in [0.2, 0.25) is 0 Å². The Morgan fingerprint density at radius 1 is 1.32 bits per heavy atom. The summed E-state index contributed by atoms with van der Waals surface area (Å²) < 4.78 is 5.74. The van der Waals surface area contributed by atoms with E-state index in [1.807, 2.05) is 31.2 Å². The van der Waals surface area contributed by atoms with Crippen LogP contribution in [0, 0.1) is 6.92 Å². The first kappa shape index (κ1) is 18.5. The van der Waals surface area contributed by atoms with Gasteiger partial charge in [-0.05, 0) is 61.0 Å². The molecule has 3 aromatic rings. The highest BCUT2D eigenvalue weighted by atomic mass is 16.5. The second-order valence-corrected chi connectivity index (χ2v) is 7.37. The second-order valence-electron chi connectivity index (χ2n) is 7.37. The number of fused-ring (bicyclic) bond motifs is 1. The van der Waals surface area contributed by atoms with Crippen molar-refractivity contribution >= 4 is 16.9 Å². The molecule has 1 aliphatic rings. The number of H-pyrrole nitrogens is 1. The Bertz CT molecular complexity index is 932. The molecule has 28 heavy (non-hydrogen) atoms. The van der Waals surface area contributed by atoms with Crippen molar-refractivity contribution in [3.63, 3.8) is 0 Å². The van der Waals surface area contributed by atoms with Gasteiger partial charge in [-0.3, -0.25) is 4.98 Å². The summed E-state index contributed by atoms with van der Waals surface area (Å²) >= 11 is 0. The van der Waals surface area contributed by atoms with Crippen molar-refractivity contribution in [2.24, 2.45) is 0 Å². The Morgan fingerprint density at radius 3 is 3.04 bits per heavy atom. The minimum absolute atomic E-state index is 0.0912. The highest BCUT2D eigenvalue weighted by Gasteiger charge is 2.23. The minimum Gasteiger partial charge on any atom is -0.376 e. The van der Waals surface area contributed by atoms with Crippen LogP contribution in [0.3, 0.4) is 0 Å². The van der Waals surface area contributed by atoms with Gasteiger partial charge in [-0.1, -0.05) is 12.1 Å². The van der Waals surface area contributed by atoms with Crippen LogP contribution in [-0.4, -0.2) is 40.2 Å². The Morgan fingerprint density at radius 2 is 2.25 bits per heavy atom. The van der Waals surface area contributed by atoms with Crippen LogP contribution in [0.5, 0.6) is 0 Å². The van der Waals surface area contributed by atoms with Gasteiger partial charge in [0.1, 0.15) is 0 Å². The van der Waals surface area contributed by atoms with Gasteiger partial charge in [0.15, 0.2) is 0 Å². The number of aromatic amines is 1. The van der Waals surface area contributed by atoms with E-state index in [4.69, 9.17) is 4.74 Å². The van der Waals surface area contributed by atoms with E-state index in [1.165, 1.54) is 0 Å². The lowest BCUT2D eigenvalue weighted by molar-refractivity contribution is 0.0791. The summed E-state index contributed by atoms with van der Waals surface area (Å²) in [6, 6.07) is 14.0. The van der Waals surface area contributed by atoms with Gasteiger partial charge in [0.25, 0.3) is 0 Å². The molecule has 0 radical (unpaired) electrons. The molecule has 6 heteroatoms. The summed E-state index contributed by atoms with van der Waals surface area (Å²) in [5.41, 5.74) is 4.20. The molecule has 2 N–H and O–H groups in total. The summed E-state index contributed by atoms with van der Waals surface area (Å²) in [6.07, 6.45) is 3.91. The van der Waals surface area contributed by atoms with E-state index < -0.39 is 0 Å². The third kappa shape index (κ3) is 4.51. The van der Waals surface area contributed by atoms with Crippen LogP contribution in [0.1, 0.15) is 29.8 Å². The van der Waals surface area contributed by atoms with E-state index >= 15 is 0 Å². The predicted octanol–water partition coefficient (Wildman–Crippen LogP) is 3.76. The lowest BCUT2D eigenvalue weighted by atomic mass is 10.1. The Balaban J connectivity index is 1.42. The molecule has 1 aliphatic heterocycles. The first-order valence-electron chi connectivity index (χ1n) is 9.80. The number of nitrogens with one attached hydrogen (secondary N) is 2. The number of urea groups is 1. The summed E-state index contributed by atoms with van der Waals surface area (Å²) in [7, 11) is 0. The number of benzene rings is 1. The summed E-state index contributed by atoms with van der Waals surface area (Å²) in [5, 5.41) is 4.22. The Hall–Kier alpha value is -2.86. The van der Waals surface area contributed by atoms with Crippen LogP contribution >= 0.6 is 0 Å². The molecule has 146 valence electrons. The van der Waals surface area contributed by atoms with E-state index in [-0.39, 0.29) is 12.1 Å². The van der Waals surface area contributed by atoms with Gasteiger partial charge in [0, 0.05) is 37.1 Å². The summed E-state index contributed by atoms with van der Waals surface area (Å²) in [4.78, 5) is 22.4. The van der Waals surface area contributed by atoms with Crippen molar-refractivity contribution in [2.45, 2.75) is 39.0 Å². The SMILES string of the molecule is Cc1cc2cc(CNC(=O)N(Cc3ccccn3)C[C@H]3CCCO3)ccc2[nH]1. The van der Waals surface area contributed by atoms with Crippen molar-refractivity contribution < 1.29 is 9.53 Å². The van der Waals surface area contributed by atoms with Gasteiger partial charge in [-0.25, -0.2) is 4.79 Å². The average Bonchev–Trinajstić information content (AvgIpc) is 3.34. The van der Waals surface area contributed by atoms with Crippen molar-refractivity contribution in [1.82, 2.24) is 20.2 Å². The summed E-state index contributed by atoms with van der Waals surface area (Å²) in [5.74, 6) is 0. The van der Waals surface area contributed by atoms with E-state index in [2.05, 4.69) is 33.5 Å². The normalized spacial score (nSPS) is 16.4. The number of aromatic nitrogens is 2. The van der Waals surface area contributed by atoms with Crippen LogP contribution in [-0.2, 0) is 17.8 Å². The van der Waals surface area contributed by atoms with Gasteiger partial charge in [-0.15, -0.1) is 0 Å². The predicted molar refractivity (Wildman–Crippen MR) is 109 cm³/mol. The zero-order valence-corrected chi connectivity index (χ0v) is 16.1. The molecule has 3 heterocycles. The number of rotatable bonds is 6. The van der Waals surface area contributed by atoms with Crippen LogP contribution in [0.4, 0.5) is 4.79 Å². The van der Waals surface area contributed by atoms with Crippen molar-refractivity contribution in [2.75, 3.05) is 13.2 Å². The molecule has 1 fully saturated rings. The van der Waals surface area contributed by atoms with Crippen LogP contribution in [0.15, 0.2) is 48.7 Å². The maximum absolute atomic E-state index is 12.9. The number of ether oxygens (including phenoxy) is 1. The van der Waals surface area contributed by atoms with Crippen molar-refractivity contribution in [3.8, 4) is 0 Å². The van der Waals surface area contributed by atoms with Crippen molar-refractivity contribution in [1.29, 1.82) is 0 Å². The molecule has 0 unspecified atom stereocenters. The van der Waals surface area contributed by atoms with Gasteiger partial charge >= 0.3 is 6.03 Å². The zero-order chi connectivity index (χ0) is 19.3. The quantitative estimate of drug-likeness (QED) is 0.686. The number of pyridine rings is 1. The molecule has 1 saturated heterocycles. The number of amides is 2. The number of carbonyl (C=O) groups excluding carboxylic acids is 1. The molecule has 0 saturated carbocycles. The first-order chi connectivity index (χ1) is 13.7. The molecular weight excluding hydrogens is 352 g/mol. The summed E-state index contributed by atoms with van der Waals surface area (Å²) in [6.45, 7) is 4.37. The maximum Gasteiger partial charge on any atom is 0.318 e.